The standard InChI is InChI=1S/C23H30N2O10S/c1-2-3-9-24-15-10-13(23(30)31)11-17(21(15)34-14-7-5-4-6-8-14)36(32,33)25-22-20(29)19(28)18(27)16(12-26)35-22/h4-8,10-11,16,18-20,22,24-29H,2-3,9,12H2,1H3,(H,30,31)/t16-,18+,19+,20?,22?/m1/s1. The molecule has 0 radical (unpaired) electrons. The smallest absolute Gasteiger partial charge is 0.335 e. The molecule has 0 aliphatic carbocycles. The summed E-state index contributed by atoms with van der Waals surface area (Å²) in [4.78, 5) is 11.2. The second-order valence-electron chi connectivity index (χ2n) is 8.22. The molecule has 3 rings (SSSR count). The Balaban J connectivity index is 2.08. The van der Waals surface area contributed by atoms with Crippen LogP contribution in [0.2, 0.25) is 0 Å². The molecule has 1 aliphatic rings. The molecule has 198 valence electrons. The van der Waals surface area contributed by atoms with E-state index < -0.39 is 58.1 Å². The van der Waals surface area contributed by atoms with Gasteiger partial charge in [0.15, 0.2) is 12.0 Å². The van der Waals surface area contributed by atoms with Gasteiger partial charge >= 0.3 is 5.97 Å². The summed E-state index contributed by atoms with van der Waals surface area (Å²) in [5, 5.41) is 52.3. The van der Waals surface area contributed by atoms with Crippen molar-refractivity contribution >= 4 is 21.7 Å². The third-order valence-electron chi connectivity index (χ3n) is 5.56. The molecular weight excluding hydrogens is 496 g/mol. The zero-order valence-corrected chi connectivity index (χ0v) is 20.3. The zero-order valence-electron chi connectivity index (χ0n) is 19.4. The number of aliphatic hydroxyl groups is 4. The van der Waals surface area contributed by atoms with Gasteiger partial charge in [0.2, 0.25) is 10.0 Å². The highest BCUT2D eigenvalue weighted by Crippen LogP contribution is 2.38. The van der Waals surface area contributed by atoms with Crippen LogP contribution in [0.3, 0.4) is 0 Å². The fourth-order valence-corrected chi connectivity index (χ4v) is 4.89. The van der Waals surface area contributed by atoms with Gasteiger partial charge < -0.3 is 40.3 Å². The normalized spacial score (nSPS) is 24.3. The Morgan fingerprint density at radius 2 is 1.78 bits per heavy atom. The Kier molecular flexibility index (Phi) is 9.24. The number of sulfonamides is 1. The van der Waals surface area contributed by atoms with Crippen LogP contribution < -0.4 is 14.8 Å². The van der Waals surface area contributed by atoms with Gasteiger partial charge in [-0.3, -0.25) is 0 Å². The van der Waals surface area contributed by atoms with Gasteiger partial charge in [-0.1, -0.05) is 31.5 Å². The molecule has 36 heavy (non-hydrogen) atoms. The molecule has 7 N–H and O–H groups in total. The Bertz CT molecular complexity index is 1140. The molecule has 1 aliphatic heterocycles. The lowest BCUT2D eigenvalue weighted by Crippen LogP contribution is -2.63. The molecule has 1 heterocycles. The lowest BCUT2D eigenvalue weighted by molar-refractivity contribution is -0.231. The Morgan fingerprint density at radius 1 is 1.08 bits per heavy atom. The van der Waals surface area contributed by atoms with E-state index in [9.17, 15) is 38.7 Å². The monoisotopic (exact) mass is 526 g/mol. The van der Waals surface area contributed by atoms with Crippen LogP contribution in [0.1, 0.15) is 30.1 Å². The van der Waals surface area contributed by atoms with Crippen LogP contribution in [0.25, 0.3) is 0 Å². The highest BCUT2D eigenvalue weighted by molar-refractivity contribution is 7.89. The number of benzene rings is 2. The third kappa shape index (κ3) is 6.31. The molecular formula is C23H30N2O10S. The molecule has 12 nitrogen and oxygen atoms in total. The number of carboxylic acid groups (broad SMARTS) is 1. The van der Waals surface area contributed by atoms with E-state index in [1.54, 1.807) is 30.3 Å². The van der Waals surface area contributed by atoms with Gasteiger partial charge in [0.05, 0.1) is 17.9 Å². The lowest BCUT2D eigenvalue weighted by atomic mass is 9.99. The predicted molar refractivity (Wildman–Crippen MR) is 127 cm³/mol. The predicted octanol–water partition coefficient (Wildman–Crippen LogP) is 0.467. The van der Waals surface area contributed by atoms with E-state index in [1.165, 1.54) is 6.07 Å². The minimum absolute atomic E-state index is 0.112. The van der Waals surface area contributed by atoms with Crippen LogP contribution in [-0.2, 0) is 14.8 Å². The number of hydrogen-bond acceptors (Lipinski definition) is 10. The number of unbranched alkanes of at least 4 members (excludes halogenated alkanes) is 1. The van der Waals surface area contributed by atoms with Crippen molar-refractivity contribution in [1.82, 2.24) is 4.72 Å². The first-order valence-corrected chi connectivity index (χ1v) is 12.8. The minimum Gasteiger partial charge on any atom is -0.478 e. The quantitative estimate of drug-likeness (QED) is 0.201. The van der Waals surface area contributed by atoms with Crippen molar-refractivity contribution in [2.24, 2.45) is 0 Å². The van der Waals surface area contributed by atoms with E-state index >= 15 is 0 Å². The molecule has 5 atom stereocenters. The van der Waals surface area contributed by atoms with Crippen molar-refractivity contribution in [3.05, 3.63) is 48.0 Å². The number of aromatic carboxylic acids is 1. The highest BCUT2D eigenvalue weighted by atomic mass is 32.2. The molecule has 1 saturated heterocycles. The number of carbonyl (C=O) groups is 1. The second kappa shape index (κ2) is 12.0. The van der Waals surface area contributed by atoms with Crippen molar-refractivity contribution in [3.63, 3.8) is 0 Å². The van der Waals surface area contributed by atoms with Gasteiger partial charge in [-0.2, -0.15) is 4.72 Å². The first kappa shape index (κ1) is 27.8. The number of carboxylic acids is 1. The molecule has 0 spiro atoms. The van der Waals surface area contributed by atoms with Crippen molar-refractivity contribution < 1.29 is 48.2 Å². The number of anilines is 1. The summed E-state index contributed by atoms with van der Waals surface area (Å²) in [5.74, 6) is -1.30. The molecule has 13 heteroatoms. The highest BCUT2D eigenvalue weighted by Gasteiger charge is 2.45. The summed E-state index contributed by atoms with van der Waals surface area (Å²) >= 11 is 0. The van der Waals surface area contributed by atoms with Crippen LogP contribution >= 0.6 is 0 Å². The number of para-hydroxylation sites is 1. The van der Waals surface area contributed by atoms with E-state index in [2.05, 4.69) is 10.0 Å². The van der Waals surface area contributed by atoms with E-state index in [0.29, 0.717) is 13.0 Å². The SMILES string of the molecule is CCCCNc1cc(C(=O)O)cc(S(=O)(=O)NC2O[C@H](CO)[C@H](O)[C@H](O)C2O)c1Oc1ccccc1. The molecule has 1 fully saturated rings. The number of hydrogen-bond donors (Lipinski definition) is 7. The summed E-state index contributed by atoms with van der Waals surface area (Å²) < 4.78 is 40.2. The van der Waals surface area contributed by atoms with E-state index in [0.717, 1.165) is 12.5 Å². The average Bonchev–Trinajstić information content (AvgIpc) is 2.85. The maximum absolute atomic E-state index is 13.5. The van der Waals surface area contributed by atoms with Gasteiger partial charge in [0, 0.05) is 6.54 Å². The summed E-state index contributed by atoms with van der Waals surface area (Å²) in [6.07, 6.45) is -6.97. The number of aliphatic hydroxyl groups excluding tert-OH is 4. The van der Waals surface area contributed by atoms with Crippen molar-refractivity contribution in [2.45, 2.75) is 55.3 Å². The summed E-state index contributed by atoms with van der Waals surface area (Å²) in [6.45, 7) is 1.60. The Labute approximate surface area is 208 Å². The largest absolute Gasteiger partial charge is 0.478 e. The van der Waals surface area contributed by atoms with E-state index in [-0.39, 0.29) is 22.7 Å². The molecule has 2 unspecified atom stereocenters. The third-order valence-corrected chi connectivity index (χ3v) is 6.99. The molecule has 0 saturated carbocycles. The molecule has 0 bridgehead atoms. The van der Waals surface area contributed by atoms with Gasteiger partial charge in [-0.25, -0.2) is 13.2 Å². The van der Waals surface area contributed by atoms with E-state index in [4.69, 9.17) is 9.47 Å². The fourth-order valence-electron chi connectivity index (χ4n) is 3.58. The molecule has 2 aromatic rings. The molecule has 2 aromatic carbocycles. The van der Waals surface area contributed by atoms with Crippen LogP contribution in [0, 0.1) is 0 Å². The van der Waals surface area contributed by atoms with Gasteiger partial charge in [-0.15, -0.1) is 0 Å². The van der Waals surface area contributed by atoms with Gasteiger partial charge in [-0.05, 0) is 30.7 Å². The molecule has 0 aromatic heterocycles. The molecule has 0 amide bonds. The lowest BCUT2D eigenvalue weighted by Gasteiger charge is -2.40. The summed E-state index contributed by atoms with van der Waals surface area (Å²) in [5.41, 5.74) is -0.232. The van der Waals surface area contributed by atoms with Crippen LogP contribution in [-0.4, -0.2) is 83.7 Å². The van der Waals surface area contributed by atoms with Crippen LogP contribution in [0.4, 0.5) is 5.69 Å². The maximum atomic E-state index is 13.5. The number of rotatable bonds is 11. The Morgan fingerprint density at radius 3 is 2.39 bits per heavy atom. The topological polar surface area (TPSA) is 195 Å². The first-order chi connectivity index (χ1) is 17.1. The zero-order chi connectivity index (χ0) is 26.5. The van der Waals surface area contributed by atoms with Crippen molar-refractivity contribution in [1.29, 1.82) is 0 Å². The first-order valence-electron chi connectivity index (χ1n) is 11.3. The minimum atomic E-state index is -4.66. The van der Waals surface area contributed by atoms with Crippen molar-refractivity contribution in [2.75, 3.05) is 18.5 Å². The van der Waals surface area contributed by atoms with E-state index in [1.807, 2.05) is 6.92 Å². The average molecular weight is 527 g/mol. The fraction of sp³-hybridized carbons (Fsp3) is 0.435. The number of nitrogens with one attached hydrogen (secondary N) is 2. The summed E-state index contributed by atoms with van der Waals surface area (Å²) in [7, 11) is -4.66. The Hall–Kier alpha value is -2.78. The van der Waals surface area contributed by atoms with Crippen molar-refractivity contribution in [3.8, 4) is 11.5 Å². The van der Waals surface area contributed by atoms with Crippen LogP contribution in [0.15, 0.2) is 47.4 Å². The number of ether oxygens (including phenoxy) is 2. The van der Waals surface area contributed by atoms with Gasteiger partial charge in [0.1, 0.15) is 35.1 Å². The van der Waals surface area contributed by atoms with Crippen LogP contribution in [0.5, 0.6) is 11.5 Å². The summed E-state index contributed by atoms with van der Waals surface area (Å²) in [6, 6.07) is 10.4. The van der Waals surface area contributed by atoms with Gasteiger partial charge in [0.25, 0.3) is 0 Å². The second-order valence-corrected chi connectivity index (χ2v) is 9.90. The maximum Gasteiger partial charge on any atom is 0.335 e.